The van der Waals surface area contributed by atoms with Crippen molar-refractivity contribution in [1.29, 1.82) is 0 Å². The van der Waals surface area contributed by atoms with Gasteiger partial charge in [0.15, 0.2) is 18.5 Å². The van der Waals surface area contributed by atoms with Gasteiger partial charge in [0.1, 0.15) is 0 Å². The third kappa shape index (κ3) is 2.40. The summed E-state index contributed by atoms with van der Waals surface area (Å²) < 4.78 is 15.2. The highest BCUT2D eigenvalue weighted by Gasteiger charge is 2.24. The van der Waals surface area contributed by atoms with Crippen molar-refractivity contribution in [1.82, 2.24) is 0 Å². The fraction of sp³-hybridized carbons (Fsp3) is 0.714. The lowest BCUT2D eigenvalue weighted by molar-refractivity contribution is -0.355. The van der Waals surface area contributed by atoms with Crippen molar-refractivity contribution in [3.8, 4) is 0 Å². The molecule has 0 aromatic carbocycles. The zero-order valence-electron chi connectivity index (χ0n) is 6.74. The first-order valence-corrected chi connectivity index (χ1v) is 3.63. The molecule has 0 aliphatic carbocycles. The summed E-state index contributed by atoms with van der Waals surface area (Å²) in [5.74, 6) is 0.351. The van der Waals surface area contributed by atoms with Crippen LogP contribution >= 0.6 is 0 Å². The quantitative estimate of drug-likeness (QED) is 0.611. The molecule has 64 valence electrons. The first-order valence-electron chi connectivity index (χ1n) is 3.63. The van der Waals surface area contributed by atoms with Crippen LogP contribution in [0.15, 0.2) is 12.0 Å². The van der Waals surface area contributed by atoms with E-state index in [0.717, 1.165) is 0 Å². The highest BCUT2D eigenvalue weighted by Crippen LogP contribution is 2.17. The van der Waals surface area contributed by atoms with Crippen LogP contribution in [0.3, 0.4) is 0 Å². The lowest BCUT2D eigenvalue weighted by Gasteiger charge is -2.31. The summed E-state index contributed by atoms with van der Waals surface area (Å²) in [6.07, 6.45) is 1.16. The van der Waals surface area contributed by atoms with E-state index in [1.807, 2.05) is 13.8 Å². The van der Waals surface area contributed by atoms with Crippen LogP contribution in [0.2, 0.25) is 0 Å². The number of hydrogen-bond donors (Lipinski definition) is 1. The summed E-state index contributed by atoms with van der Waals surface area (Å²) in [6.45, 7) is 4.25. The van der Waals surface area contributed by atoms with Crippen LogP contribution in [0.25, 0.3) is 0 Å². The molecule has 1 aliphatic rings. The molecular weight excluding hydrogens is 146 g/mol. The number of hydrogen-bond acceptors (Lipinski definition) is 4. The molecular formula is C7H13NO3. The Labute approximate surface area is 65.9 Å². The third-order valence-corrected chi connectivity index (χ3v) is 1.26. The van der Waals surface area contributed by atoms with Crippen LogP contribution in [-0.2, 0) is 14.2 Å². The second-order valence-electron chi connectivity index (χ2n) is 2.21. The number of rotatable bonds is 3. The topological polar surface area (TPSA) is 53.7 Å². The van der Waals surface area contributed by atoms with Gasteiger partial charge in [-0.3, -0.25) is 0 Å². The summed E-state index contributed by atoms with van der Waals surface area (Å²) in [5, 5.41) is 0. The van der Waals surface area contributed by atoms with E-state index in [0.29, 0.717) is 12.5 Å². The van der Waals surface area contributed by atoms with E-state index in [1.165, 1.54) is 0 Å². The van der Waals surface area contributed by atoms with E-state index < -0.39 is 0 Å². The third-order valence-electron chi connectivity index (χ3n) is 1.26. The van der Waals surface area contributed by atoms with E-state index in [9.17, 15) is 0 Å². The summed E-state index contributed by atoms with van der Waals surface area (Å²) in [7, 11) is 0. The van der Waals surface area contributed by atoms with Crippen LogP contribution in [0.1, 0.15) is 13.8 Å². The van der Waals surface area contributed by atoms with Gasteiger partial charge in [-0.25, -0.2) is 0 Å². The van der Waals surface area contributed by atoms with E-state index >= 15 is 0 Å². The average Bonchev–Trinajstić information content (AvgIpc) is 1.85. The van der Waals surface area contributed by atoms with Gasteiger partial charge in [-0.1, -0.05) is 0 Å². The molecule has 1 heterocycles. The fourth-order valence-corrected chi connectivity index (χ4v) is 0.815. The minimum Gasteiger partial charge on any atom is -0.480 e. The zero-order valence-corrected chi connectivity index (χ0v) is 6.74. The standard InChI is InChI=1S/C7H13NO3/c1-3-9-6(8)4-7-10-5(2)11-7/h4-5,7H,3,8H2,1-2H3/b6-4+. The molecule has 2 N–H and O–H groups in total. The van der Waals surface area contributed by atoms with Crippen molar-refractivity contribution in [2.75, 3.05) is 6.61 Å². The Bertz CT molecular complexity index is 152. The van der Waals surface area contributed by atoms with Gasteiger partial charge in [-0.2, -0.15) is 0 Å². The van der Waals surface area contributed by atoms with Crippen molar-refractivity contribution in [3.05, 3.63) is 12.0 Å². The summed E-state index contributed by atoms with van der Waals surface area (Å²) in [6, 6.07) is 0. The van der Waals surface area contributed by atoms with E-state index in [-0.39, 0.29) is 12.6 Å². The first-order chi connectivity index (χ1) is 5.22. The monoisotopic (exact) mass is 159 g/mol. The van der Waals surface area contributed by atoms with Gasteiger partial charge in [0.25, 0.3) is 0 Å². The molecule has 1 aliphatic heterocycles. The molecule has 1 fully saturated rings. The smallest absolute Gasteiger partial charge is 0.188 e. The second-order valence-corrected chi connectivity index (χ2v) is 2.21. The summed E-state index contributed by atoms with van der Waals surface area (Å²) >= 11 is 0. The number of nitrogens with two attached hydrogens (primary N) is 1. The molecule has 0 bridgehead atoms. The van der Waals surface area contributed by atoms with Crippen LogP contribution in [0.4, 0.5) is 0 Å². The average molecular weight is 159 g/mol. The van der Waals surface area contributed by atoms with Crippen molar-refractivity contribution in [2.24, 2.45) is 5.73 Å². The fourth-order valence-electron chi connectivity index (χ4n) is 0.815. The maximum atomic E-state index is 5.42. The van der Waals surface area contributed by atoms with Crippen molar-refractivity contribution < 1.29 is 14.2 Å². The minimum absolute atomic E-state index is 0.120. The highest BCUT2D eigenvalue weighted by molar-refractivity contribution is 4.91. The highest BCUT2D eigenvalue weighted by atomic mass is 16.9. The Morgan fingerprint density at radius 1 is 1.64 bits per heavy atom. The summed E-state index contributed by atoms with van der Waals surface area (Å²) in [5.41, 5.74) is 5.42. The van der Waals surface area contributed by atoms with Gasteiger partial charge in [0, 0.05) is 6.08 Å². The summed E-state index contributed by atoms with van der Waals surface area (Å²) in [4.78, 5) is 0. The van der Waals surface area contributed by atoms with Crippen molar-refractivity contribution in [3.63, 3.8) is 0 Å². The van der Waals surface area contributed by atoms with Crippen molar-refractivity contribution in [2.45, 2.75) is 26.4 Å². The van der Waals surface area contributed by atoms with Gasteiger partial charge in [0.2, 0.25) is 0 Å². The molecule has 0 aromatic heterocycles. The Hall–Kier alpha value is -0.740. The van der Waals surface area contributed by atoms with Crippen LogP contribution in [-0.4, -0.2) is 19.2 Å². The molecule has 0 aromatic rings. The molecule has 0 atom stereocenters. The Kier molecular flexibility index (Phi) is 2.73. The molecule has 0 unspecified atom stereocenters. The van der Waals surface area contributed by atoms with Crippen LogP contribution in [0, 0.1) is 0 Å². The molecule has 0 spiro atoms. The molecule has 4 heteroatoms. The van der Waals surface area contributed by atoms with Crippen molar-refractivity contribution >= 4 is 0 Å². The molecule has 0 amide bonds. The molecule has 1 rings (SSSR count). The molecule has 0 radical (unpaired) electrons. The SMILES string of the molecule is CCO/C(N)=C/C1OC(C)O1. The predicted molar refractivity (Wildman–Crippen MR) is 39.3 cm³/mol. The molecule has 0 saturated carbocycles. The zero-order chi connectivity index (χ0) is 8.27. The molecule has 11 heavy (non-hydrogen) atoms. The van der Waals surface area contributed by atoms with Crippen LogP contribution in [0.5, 0.6) is 0 Å². The molecule has 4 nitrogen and oxygen atoms in total. The van der Waals surface area contributed by atoms with E-state index in [4.69, 9.17) is 19.9 Å². The lowest BCUT2D eigenvalue weighted by atomic mass is 10.5. The van der Waals surface area contributed by atoms with Crippen LogP contribution < -0.4 is 5.73 Å². The maximum absolute atomic E-state index is 5.42. The van der Waals surface area contributed by atoms with Gasteiger partial charge >= 0.3 is 0 Å². The normalized spacial score (nSPS) is 31.3. The lowest BCUT2D eigenvalue weighted by Crippen LogP contribution is -2.37. The van der Waals surface area contributed by atoms with E-state index in [2.05, 4.69) is 0 Å². The van der Waals surface area contributed by atoms with Gasteiger partial charge in [-0.05, 0) is 13.8 Å². The molecule has 1 saturated heterocycles. The van der Waals surface area contributed by atoms with Gasteiger partial charge in [0.05, 0.1) is 6.61 Å². The minimum atomic E-state index is -0.323. The number of ether oxygens (including phenoxy) is 3. The Balaban J connectivity index is 2.22. The Morgan fingerprint density at radius 3 is 2.73 bits per heavy atom. The Morgan fingerprint density at radius 2 is 2.27 bits per heavy atom. The van der Waals surface area contributed by atoms with Gasteiger partial charge in [-0.15, -0.1) is 0 Å². The maximum Gasteiger partial charge on any atom is 0.188 e. The first kappa shape index (κ1) is 8.36. The van der Waals surface area contributed by atoms with Gasteiger partial charge < -0.3 is 19.9 Å². The second kappa shape index (κ2) is 3.59. The van der Waals surface area contributed by atoms with E-state index in [1.54, 1.807) is 6.08 Å². The largest absolute Gasteiger partial charge is 0.480 e. The predicted octanol–water partition coefficient (Wildman–Crippen LogP) is 0.542.